The van der Waals surface area contributed by atoms with Crippen LogP contribution in [0, 0.1) is 0 Å². The molecule has 0 aliphatic carbocycles. The summed E-state index contributed by atoms with van der Waals surface area (Å²) in [4.78, 5) is 12.5. The average Bonchev–Trinajstić information content (AvgIpc) is 2.88. The predicted molar refractivity (Wildman–Crippen MR) is 69.0 cm³/mol. The minimum Gasteiger partial charge on any atom is -0.397 e. The Balaban J connectivity index is 1.84. The van der Waals surface area contributed by atoms with Crippen LogP contribution in [0.3, 0.4) is 0 Å². The topological polar surface area (TPSA) is 90.7 Å². The van der Waals surface area contributed by atoms with E-state index in [0.717, 1.165) is 5.69 Å². The third kappa shape index (κ3) is 2.57. The third-order valence-corrected chi connectivity index (χ3v) is 2.54. The Morgan fingerprint density at radius 2 is 2.16 bits per heavy atom. The second-order valence-electron chi connectivity index (χ2n) is 4.02. The zero-order chi connectivity index (χ0) is 13.1. The fraction of sp³-hybridized carbons (Fsp3) is 0.0769. The van der Waals surface area contributed by atoms with Crippen molar-refractivity contribution in [3.8, 4) is 11.5 Å². The van der Waals surface area contributed by atoms with Crippen LogP contribution < -0.4 is 5.73 Å². The van der Waals surface area contributed by atoms with Crippen LogP contribution in [-0.2, 0) is 6.42 Å². The lowest BCUT2D eigenvalue weighted by Gasteiger charge is -1.95. The van der Waals surface area contributed by atoms with Crippen molar-refractivity contribution >= 4 is 5.69 Å². The van der Waals surface area contributed by atoms with Crippen LogP contribution in [0.1, 0.15) is 11.5 Å². The second kappa shape index (κ2) is 4.85. The molecule has 0 aliphatic rings. The maximum atomic E-state index is 5.66. The van der Waals surface area contributed by atoms with Gasteiger partial charge in [0.1, 0.15) is 0 Å². The first-order valence-corrected chi connectivity index (χ1v) is 5.74. The van der Waals surface area contributed by atoms with Gasteiger partial charge in [-0.15, -0.1) is 0 Å². The normalized spacial score (nSPS) is 10.5. The zero-order valence-corrected chi connectivity index (χ0v) is 10.0. The maximum absolute atomic E-state index is 5.66. The average molecular weight is 253 g/mol. The van der Waals surface area contributed by atoms with Gasteiger partial charge in [0.2, 0.25) is 0 Å². The Bertz CT molecular complexity index is 680. The van der Waals surface area contributed by atoms with Crippen molar-refractivity contribution in [2.45, 2.75) is 6.42 Å². The summed E-state index contributed by atoms with van der Waals surface area (Å²) < 4.78 is 5.19. The molecule has 0 unspecified atom stereocenters. The summed E-state index contributed by atoms with van der Waals surface area (Å²) in [6.45, 7) is 0. The molecule has 0 spiro atoms. The van der Waals surface area contributed by atoms with E-state index in [2.05, 4.69) is 20.1 Å². The molecular weight excluding hydrogens is 242 g/mol. The van der Waals surface area contributed by atoms with Gasteiger partial charge >= 0.3 is 0 Å². The minimum atomic E-state index is 0.408. The Kier molecular flexibility index (Phi) is 2.89. The molecule has 0 aliphatic heterocycles. The Hall–Kier alpha value is -2.76. The molecule has 19 heavy (non-hydrogen) atoms. The van der Waals surface area contributed by atoms with Crippen molar-refractivity contribution in [1.29, 1.82) is 0 Å². The smallest absolute Gasteiger partial charge is 0.259 e. The number of rotatable bonds is 3. The van der Waals surface area contributed by atoms with Gasteiger partial charge in [0.25, 0.3) is 5.89 Å². The van der Waals surface area contributed by atoms with Crippen molar-refractivity contribution in [3.63, 3.8) is 0 Å². The zero-order valence-electron chi connectivity index (χ0n) is 10.0. The first-order valence-electron chi connectivity index (χ1n) is 5.74. The van der Waals surface area contributed by atoms with E-state index < -0.39 is 0 Å². The van der Waals surface area contributed by atoms with Crippen LogP contribution >= 0.6 is 0 Å². The van der Waals surface area contributed by atoms with Crippen LogP contribution in [0.4, 0.5) is 5.69 Å². The molecule has 0 bridgehead atoms. The molecule has 0 aromatic carbocycles. The summed E-state index contributed by atoms with van der Waals surface area (Å²) in [5, 5.41) is 3.92. The van der Waals surface area contributed by atoms with Crippen molar-refractivity contribution < 1.29 is 4.52 Å². The van der Waals surface area contributed by atoms with E-state index in [1.807, 2.05) is 18.2 Å². The first kappa shape index (κ1) is 11.3. The van der Waals surface area contributed by atoms with Crippen LogP contribution in [0.25, 0.3) is 11.5 Å². The molecule has 6 heteroatoms. The van der Waals surface area contributed by atoms with E-state index in [-0.39, 0.29) is 0 Å². The maximum Gasteiger partial charge on any atom is 0.259 e. The molecule has 2 N–H and O–H groups in total. The Morgan fingerprint density at radius 1 is 1.21 bits per heavy atom. The van der Waals surface area contributed by atoms with Gasteiger partial charge in [0.15, 0.2) is 5.82 Å². The number of nitrogen functional groups attached to an aromatic ring is 1. The van der Waals surface area contributed by atoms with Crippen LogP contribution in [0.2, 0.25) is 0 Å². The second-order valence-corrected chi connectivity index (χ2v) is 4.02. The quantitative estimate of drug-likeness (QED) is 0.763. The van der Waals surface area contributed by atoms with Crippen molar-refractivity contribution in [2.24, 2.45) is 0 Å². The van der Waals surface area contributed by atoms with Crippen molar-refractivity contribution in [1.82, 2.24) is 20.1 Å². The Morgan fingerprint density at radius 3 is 2.95 bits per heavy atom. The van der Waals surface area contributed by atoms with Gasteiger partial charge in [-0.25, -0.2) is 0 Å². The van der Waals surface area contributed by atoms with Crippen molar-refractivity contribution in [3.05, 3.63) is 54.4 Å². The number of hydrogen-bond acceptors (Lipinski definition) is 6. The van der Waals surface area contributed by atoms with Crippen LogP contribution in [0.15, 0.2) is 47.4 Å². The lowest BCUT2D eigenvalue weighted by Crippen LogP contribution is -1.93. The summed E-state index contributed by atoms with van der Waals surface area (Å²) in [6.07, 6.45) is 5.46. The summed E-state index contributed by atoms with van der Waals surface area (Å²) in [6, 6.07) is 7.44. The number of anilines is 1. The van der Waals surface area contributed by atoms with Crippen LogP contribution in [0.5, 0.6) is 0 Å². The molecule has 0 saturated heterocycles. The molecule has 0 amide bonds. The standard InChI is InChI=1S/C13H11N5O/c14-10-5-9(7-15-8-10)13-17-12(18-19-13)6-11-3-1-2-4-16-11/h1-5,7-8H,6,14H2. The SMILES string of the molecule is Nc1cncc(-c2nc(Cc3ccccn3)no2)c1. The largest absolute Gasteiger partial charge is 0.397 e. The monoisotopic (exact) mass is 253 g/mol. The summed E-state index contributed by atoms with van der Waals surface area (Å²) in [5.74, 6) is 0.988. The molecule has 3 aromatic rings. The van der Waals surface area contributed by atoms with E-state index in [4.69, 9.17) is 10.3 Å². The van der Waals surface area contributed by atoms with Gasteiger partial charge < -0.3 is 10.3 Å². The van der Waals surface area contributed by atoms with Gasteiger partial charge in [0, 0.05) is 24.3 Å². The fourth-order valence-corrected chi connectivity index (χ4v) is 1.68. The lowest BCUT2D eigenvalue weighted by atomic mass is 10.2. The van der Waals surface area contributed by atoms with Gasteiger partial charge in [-0.1, -0.05) is 11.2 Å². The summed E-state index contributed by atoms with van der Waals surface area (Å²) in [7, 11) is 0. The van der Waals surface area contributed by atoms with Gasteiger partial charge in [-0.3, -0.25) is 9.97 Å². The van der Waals surface area contributed by atoms with Gasteiger partial charge in [0.05, 0.1) is 17.7 Å². The number of aromatic nitrogens is 4. The number of pyridine rings is 2. The molecule has 0 saturated carbocycles. The molecule has 3 rings (SSSR count). The molecular formula is C13H11N5O. The summed E-state index contributed by atoms with van der Waals surface area (Å²) >= 11 is 0. The van der Waals surface area contributed by atoms with Gasteiger partial charge in [-0.2, -0.15) is 4.98 Å². The molecule has 3 aromatic heterocycles. The predicted octanol–water partition coefficient (Wildman–Crippen LogP) is 1.70. The minimum absolute atomic E-state index is 0.408. The van der Waals surface area contributed by atoms with E-state index in [9.17, 15) is 0 Å². The highest BCUT2D eigenvalue weighted by molar-refractivity contribution is 5.57. The number of hydrogen-bond donors (Lipinski definition) is 1. The van der Waals surface area contributed by atoms with E-state index in [1.54, 1.807) is 24.7 Å². The lowest BCUT2D eigenvalue weighted by molar-refractivity contribution is 0.423. The van der Waals surface area contributed by atoms with Gasteiger partial charge in [-0.05, 0) is 18.2 Å². The van der Waals surface area contributed by atoms with Crippen LogP contribution in [-0.4, -0.2) is 20.1 Å². The highest BCUT2D eigenvalue weighted by atomic mass is 16.5. The number of nitrogens with two attached hydrogens (primary N) is 1. The molecule has 6 nitrogen and oxygen atoms in total. The number of nitrogens with zero attached hydrogens (tertiary/aromatic N) is 4. The van der Waals surface area contributed by atoms with E-state index in [1.165, 1.54) is 0 Å². The molecule has 94 valence electrons. The van der Waals surface area contributed by atoms with E-state index in [0.29, 0.717) is 29.4 Å². The highest BCUT2D eigenvalue weighted by Gasteiger charge is 2.10. The molecule has 3 heterocycles. The molecule has 0 radical (unpaired) electrons. The van der Waals surface area contributed by atoms with Crippen molar-refractivity contribution in [2.75, 3.05) is 5.73 Å². The van der Waals surface area contributed by atoms with E-state index >= 15 is 0 Å². The highest BCUT2D eigenvalue weighted by Crippen LogP contribution is 2.18. The molecule has 0 atom stereocenters. The summed E-state index contributed by atoms with van der Waals surface area (Å²) in [5.41, 5.74) is 7.82. The first-order chi connectivity index (χ1) is 9.31. The third-order valence-electron chi connectivity index (χ3n) is 2.54. The molecule has 0 fully saturated rings. The Labute approximate surface area is 109 Å². The fourth-order valence-electron chi connectivity index (χ4n) is 1.68.